The number of sulfone groups is 1. The van der Waals surface area contributed by atoms with Crippen LogP contribution in [0.4, 0.5) is 0 Å². The molecule has 2 heterocycles. The van der Waals surface area contributed by atoms with Crippen molar-refractivity contribution < 1.29 is 13.2 Å². The molecule has 0 unspecified atom stereocenters. The van der Waals surface area contributed by atoms with E-state index in [0.717, 1.165) is 31.1 Å². The Morgan fingerprint density at radius 1 is 1.35 bits per heavy atom. The van der Waals surface area contributed by atoms with E-state index >= 15 is 0 Å². The fraction of sp³-hybridized carbons (Fsp3) is 0.636. The summed E-state index contributed by atoms with van der Waals surface area (Å²) >= 11 is 0. The number of fused-ring (bicyclic) bond motifs is 1. The van der Waals surface area contributed by atoms with Crippen molar-refractivity contribution in [3.05, 3.63) is 17.0 Å². The highest BCUT2D eigenvalue weighted by Crippen LogP contribution is 2.34. The van der Waals surface area contributed by atoms with Crippen molar-refractivity contribution in [1.29, 1.82) is 0 Å². The molecule has 17 heavy (non-hydrogen) atoms. The third-order valence-electron chi connectivity index (χ3n) is 3.68. The van der Waals surface area contributed by atoms with Crippen LogP contribution in [0.2, 0.25) is 0 Å². The predicted molar refractivity (Wildman–Crippen MR) is 61.7 cm³/mol. The van der Waals surface area contributed by atoms with Crippen molar-refractivity contribution in [1.82, 2.24) is 9.78 Å². The first-order valence-electron chi connectivity index (χ1n) is 5.86. The maximum Gasteiger partial charge on any atom is 0.168 e. The molecule has 0 radical (unpaired) electrons. The molecule has 1 aromatic rings. The fourth-order valence-corrected chi connectivity index (χ4v) is 3.80. The van der Waals surface area contributed by atoms with E-state index in [1.807, 2.05) is 0 Å². The van der Waals surface area contributed by atoms with Gasteiger partial charge >= 0.3 is 0 Å². The number of rotatable bonds is 2. The Hall–Kier alpha value is -1.17. The Morgan fingerprint density at radius 2 is 2.12 bits per heavy atom. The van der Waals surface area contributed by atoms with E-state index in [-0.39, 0.29) is 11.5 Å². The summed E-state index contributed by atoms with van der Waals surface area (Å²) in [4.78, 5) is 11.2. The molecular weight excluding hydrogens is 240 g/mol. The molecule has 92 valence electrons. The zero-order valence-corrected chi connectivity index (χ0v) is 10.2. The first-order valence-corrected chi connectivity index (χ1v) is 7.69. The Morgan fingerprint density at radius 3 is 2.71 bits per heavy atom. The van der Waals surface area contributed by atoms with Crippen molar-refractivity contribution in [2.24, 2.45) is 0 Å². The molecule has 0 amide bonds. The summed E-state index contributed by atoms with van der Waals surface area (Å²) in [5.74, 6) is 0.125. The Labute approximate surface area is 99.7 Å². The highest BCUT2D eigenvalue weighted by Gasteiger charge is 2.31. The second-order valence-electron chi connectivity index (χ2n) is 4.80. The van der Waals surface area contributed by atoms with E-state index in [1.54, 1.807) is 4.68 Å². The molecule has 5 nitrogen and oxygen atoms in total. The van der Waals surface area contributed by atoms with Gasteiger partial charge in [-0.3, -0.25) is 9.48 Å². The molecular formula is C11H14N2O3S. The molecule has 1 aliphatic heterocycles. The minimum atomic E-state index is -3.01. The van der Waals surface area contributed by atoms with Gasteiger partial charge in [-0.1, -0.05) is 0 Å². The van der Waals surface area contributed by atoms with Gasteiger partial charge < -0.3 is 0 Å². The number of carbonyl (C=O) groups excluding carboxylic acids is 1. The highest BCUT2D eigenvalue weighted by atomic mass is 32.2. The van der Waals surface area contributed by atoms with Crippen LogP contribution in [0.3, 0.4) is 0 Å². The lowest BCUT2D eigenvalue weighted by atomic mass is 9.93. The molecule has 0 spiro atoms. The molecule has 0 N–H and O–H groups in total. The average molecular weight is 254 g/mol. The minimum Gasteiger partial charge on any atom is -0.296 e. The molecule has 1 fully saturated rings. The van der Waals surface area contributed by atoms with Crippen molar-refractivity contribution in [3.63, 3.8) is 0 Å². The van der Waals surface area contributed by atoms with E-state index < -0.39 is 9.84 Å². The summed E-state index contributed by atoms with van der Waals surface area (Å²) in [6, 6.07) is 0.295. The van der Waals surface area contributed by atoms with Crippen LogP contribution in [-0.2, 0) is 22.0 Å². The first kappa shape index (κ1) is 11.0. The van der Waals surface area contributed by atoms with Gasteiger partial charge in [0.2, 0.25) is 0 Å². The van der Waals surface area contributed by atoms with Crippen molar-refractivity contribution in [3.8, 4) is 0 Å². The van der Waals surface area contributed by atoms with E-state index in [1.165, 1.54) is 0 Å². The minimum absolute atomic E-state index is 0.0110. The Kier molecular flexibility index (Phi) is 2.36. The second kappa shape index (κ2) is 3.66. The number of aldehydes is 1. The molecule has 1 aliphatic carbocycles. The van der Waals surface area contributed by atoms with Gasteiger partial charge in [0.1, 0.15) is 5.69 Å². The molecule has 1 aromatic heterocycles. The van der Waals surface area contributed by atoms with Gasteiger partial charge in [-0.15, -0.1) is 0 Å². The Balaban J connectivity index is 2.08. The molecule has 0 atom stereocenters. The Bertz CT molecular complexity index is 570. The van der Waals surface area contributed by atoms with E-state index in [4.69, 9.17) is 0 Å². The standard InChI is InChI=1S/C11H14N2O3S/c14-6-11-9-4-5-17(15,16)7-10(9)12-13(11)8-2-1-3-8/h6,8H,1-5,7H2. The number of nitrogens with zero attached hydrogens (tertiary/aromatic N) is 2. The molecule has 0 bridgehead atoms. The van der Waals surface area contributed by atoms with Crippen LogP contribution in [0, 0.1) is 0 Å². The molecule has 2 aliphatic rings. The van der Waals surface area contributed by atoms with Crippen LogP contribution >= 0.6 is 0 Å². The van der Waals surface area contributed by atoms with Gasteiger partial charge in [-0.05, 0) is 25.7 Å². The van der Waals surface area contributed by atoms with Gasteiger partial charge in [0, 0.05) is 5.56 Å². The normalized spacial score (nSPS) is 22.8. The van der Waals surface area contributed by atoms with Crippen LogP contribution in [0.25, 0.3) is 0 Å². The number of hydrogen-bond donors (Lipinski definition) is 0. The summed E-state index contributed by atoms with van der Waals surface area (Å²) in [6.45, 7) is 0. The lowest BCUT2D eigenvalue weighted by Gasteiger charge is -2.26. The fourth-order valence-electron chi connectivity index (χ4n) is 2.49. The number of hydrogen-bond acceptors (Lipinski definition) is 4. The topological polar surface area (TPSA) is 69.0 Å². The largest absolute Gasteiger partial charge is 0.296 e. The van der Waals surface area contributed by atoms with E-state index in [2.05, 4.69) is 5.10 Å². The zero-order chi connectivity index (χ0) is 12.0. The summed E-state index contributed by atoms with van der Waals surface area (Å²) in [7, 11) is -3.01. The average Bonchev–Trinajstić information content (AvgIpc) is 2.50. The highest BCUT2D eigenvalue weighted by molar-refractivity contribution is 7.90. The lowest BCUT2D eigenvalue weighted by molar-refractivity contribution is 0.110. The molecule has 3 rings (SSSR count). The quantitative estimate of drug-likeness (QED) is 0.735. The monoisotopic (exact) mass is 254 g/mol. The summed E-state index contributed by atoms with van der Waals surface area (Å²) in [6.07, 6.45) is 4.48. The predicted octanol–water partition coefficient (Wildman–Crippen LogP) is 0.892. The first-order chi connectivity index (χ1) is 8.11. The van der Waals surface area contributed by atoms with Crippen LogP contribution < -0.4 is 0 Å². The van der Waals surface area contributed by atoms with Crippen molar-refractivity contribution in [2.45, 2.75) is 37.5 Å². The molecule has 0 aromatic carbocycles. The zero-order valence-electron chi connectivity index (χ0n) is 9.42. The second-order valence-corrected chi connectivity index (χ2v) is 6.98. The van der Waals surface area contributed by atoms with Gasteiger partial charge in [-0.25, -0.2) is 8.42 Å². The maximum atomic E-state index is 11.5. The third kappa shape index (κ3) is 1.71. The summed E-state index contributed by atoms with van der Waals surface area (Å²) < 4.78 is 24.8. The van der Waals surface area contributed by atoms with Gasteiger partial charge in [0.25, 0.3) is 0 Å². The van der Waals surface area contributed by atoms with E-state index in [0.29, 0.717) is 23.9 Å². The van der Waals surface area contributed by atoms with Crippen LogP contribution in [0.5, 0.6) is 0 Å². The number of aromatic nitrogens is 2. The van der Waals surface area contributed by atoms with Crippen molar-refractivity contribution in [2.75, 3.05) is 5.75 Å². The molecule has 6 heteroatoms. The van der Waals surface area contributed by atoms with Gasteiger partial charge in [0.05, 0.1) is 23.2 Å². The molecule has 1 saturated carbocycles. The van der Waals surface area contributed by atoms with Gasteiger partial charge in [-0.2, -0.15) is 5.10 Å². The van der Waals surface area contributed by atoms with Crippen molar-refractivity contribution >= 4 is 16.1 Å². The van der Waals surface area contributed by atoms with Crippen LogP contribution in [0.1, 0.15) is 47.1 Å². The van der Waals surface area contributed by atoms with Gasteiger partial charge in [0.15, 0.2) is 16.1 Å². The van der Waals surface area contributed by atoms with Crippen LogP contribution in [0.15, 0.2) is 0 Å². The van der Waals surface area contributed by atoms with Crippen LogP contribution in [-0.4, -0.2) is 30.2 Å². The molecule has 0 saturated heterocycles. The van der Waals surface area contributed by atoms with E-state index in [9.17, 15) is 13.2 Å². The number of carbonyl (C=O) groups is 1. The SMILES string of the molecule is O=Cc1c2c(nn1C1CCC1)CS(=O)(=O)CC2. The smallest absolute Gasteiger partial charge is 0.168 e. The maximum absolute atomic E-state index is 11.5. The third-order valence-corrected chi connectivity index (χ3v) is 5.22. The summed E-state index contributed by atoms with van der Waals surface area (Å²) in [5, 5.41) is 4.35. The summed E-state index contributed by atoms with van der Waals surface area (Å²) in [5.41, 5.74) is 2.03. The lowest BCUT2D eigenvalue weighted by Crippen LogP contribution is -2.20.